The van der Waals surface area contributed by atoms with E-state index < -0.39 is 0 Å². The van der Waals surface area contributed by atoms with Crippen molar-refractivity contribution >= 4 is 22.3 Å². The Bertz CT molecular complexity index is 8.00. The van der Waals surface area contributed by atoms with Crippen molar-refractivity contribution in [1.29, 1.82) is 0 Å². The van der Waals surface area contributed by atoms with Gasteiger partial charge < -0.3 is 0 Å². The first-order chi connectivity index (χ1) is 1.73. The van der Waals surface area contributed by atoms with Crippen LogP contribution in [0.1, 0.15) is 0 Å². The van der Waals surface area contributed by atoms with Crippen LogP contribution in [0, 0.1) is 0 Å². The Kier molecular flexibility index (Phi) is 4.69. The molecule has 0 N–H and O–H groups in total. The van der Waals surface area contributed by atoms with Gasteiger partial charge in [0.2, 0.25) is 0 Å². The van der Waals surface area contributed by atoms with Gasteiger partial charge in [0.1, 0.15) is 0 Å². The Morgan fingerprint density at radius 2 is 1.00 bits per heavy atom. The van der Waals surface area contributed by atoms with Gasteiger partial charge in [-0.2, -0.15) is 0 Å². The molecule has 0 aromatic heterocycles. The predicted molar refractivity (Wildman–Crippen MR) is 29.1 cm³/mol. The van der Waals surface area contributed by atoms with E-state index in [9.17, 15) is 0 Å². The molecule has 31 valence electrons. The van der Waals surface area contributed by atoms with E-state index in [-0.39, 0.29) is 15.3 Å². The Morgan fingerprint density at radius 3 is 1.00 bits per heavy atom. The summed E-state index contributed by atoms with van der Waals surface area (Å²) in [6.07, 6.45) is 0. The van der Waals surface area contributed by atoms with Crippen LogP contribution in [0.5, 0.6) is 0 Å². The molecule has 0 fully saturated rings. The van der Waals surface area contributed by atoms with Gasteiger partial charge in [0.25, 0.3) is 0 Å². The van der Waals surface area contributed by atoms with Crippen LogP contribution in [0.25, 0.3) is 0 Å². The molecule has 0 rings (SSSR count). The van der Waals surface area contributed by atoms with Crippen LogP contribution in [-0.4, -0.2) is 0 Å². The summed E-state index contributed by atoms with van der Waals surface area (Å²) in [4.78, 5) is 0. The van der Waals surface area contributed by atoms with Crippen molar-refractivity contribution in [2.24, 2.45) is 0 Å². The molecule has 0 aliphatic heterocycles. The second-order valence-corrected chi connectivity index (χ2v) is 16.8. The minimum absolute atomic E-state index is 0.233. The third kappa shape index (κ3) is 9.04. The van der Waals surface area contributed by atoms with Crippen molar-refractivity contribution in [3.05, 3.63) is 0 Å². The van der Waals surface area contributed by atoms with E-state index in [1.165, 1.54) is 0 Å². The molecule has 0 aliphatic carbocycles. The van der Waals surface area contributed by atoms with Crippen LogP contribution < -0.4 is 0 Å². The van der Waals surface area contributed by atoms with Crippen molar-refractivity contribution < 1.29 is 15.3 Å². The average molecular weight is 205 g/mol. The molecule has 4 heavy (non-hydrogen) atoms. The first-order valence-corrected chi connectivity index (χ1v) is 9.72. The van der Waals surface area contributed by atoms with Crippen LogP contribution in [0.3, 0.4) is 0 Å². The van der Waals surface area contributed by atoms with Crippen LogP contribution in [0.2, 0.25) is 0 Å². The van der Waals surface area contributed by atoms with Crippen molar-refractivity contribution in [2.75, 3.05) is 0 Å². The summed E-state index contributed by atoms with van der Waals surface area (Å²) in [6, 6.07) is 0. The first kappa shape index (κ1) is 5.95. The summed E-state index contributed by atoms with van der Waals surface area (Å²) < 4.78 is 0. The maximum absolute atomic E-state index is 2.70. The van der Waals surface area contributed by atoms with E-state index in [2.05, 4.69) is 22.3 Å². The summed E-state index contributed by atoms with van der Waals surface area (Å²) in [5.74, 6) is 0. The first-order valence-electron chi connectivity index (χ1n) is 0.548. The van der Waals surface area contributed by atoms with E-state index in [1.807, 2.05) is 0 Å². The van der Waals surface area contributed by atoms with Gasteiger partial charge in [-0.15, -0.1) is 0 Å². The van der Waals surface area contributed by atoms with E-state index in [1.54, 1.807) is 0 Å². The van der Waals surface area contributed by atoms with Crippen LogP contribution in [0.4, 0.5) is 0 Å². The standard InChI is InChI=1S/3H2P.Pd/h3*1H2;/q3*-1;+3. The number of rotatable bonds is 0. The summed E-state index contributed by atoms with van der Waals surface area (Å²) in [6.45, 7) is 0. The van der Waals surface area contributed by atoms with Gasteiger partial charge in [-0.3, -0.25) is 0 Å². The van der Waals surface area contributed by atoms with Crippen LogP contribution >= 0.6 is 22.3 Å². The van der Waals surface area contributed by atoms with Gasteiger partial charge in [0, 0.05) is 0 Å². The predicted octanol–water partition coefficient (Wildman–Crippen LogP) is 0.975. The Balaban J connectivity index is 2.32. The second kappa shape index (κ2) is 3.15. The topological polar surface area (TPSA) is 0 Å². The van der Waals surface area contributed by atoms with Gasteiger partial charge in [-0.05, 0) is 0 Å². The van der Waals surface area contributed by atoms with E-state index in [4.69, 9.17) is 0 Å². The van der Waals surface area contributed by atoms with Crippen molar-refractivity contribution in [1.82, 2.24) is 0 Å². The quantitative estimate of drug-likeness (QED) is 0.408. The van der Waals surface area contributed by atoms with E-state index >= 15 is 0 Å². The molecule has 0 aromatic rings. The zero-order valence-corrected chi connectivity index (χ0v) is 7.07. The van der Waals surface area contributed by atoms with E-state index in [0.717, 1.165) is 0 Å². The molecule has 0 aliphatic rings. The van der Waals surface area contributed by atoms with Gasteiger partial charge >= 0.3 is 37.6 Å². The zero-order valence-electron chi connectivity index (χ0n) is 2.05. The van der Waals surface area contributed by atoms with Crippen LogP contribution in [-0.2, 0) is 15.3 Å². The normalized spacial score (nSPS) is 11.2. The van der Waals surface area contributed by atoms with Crippen LogP contribution in [0.15, 0.2) is 0 Å². The van der Waals surface area contributed by atoms with Gasteiger partial charge in [-0.1, -0.05) is 0 Å². The molecule has 3 atom stereocenters. The Hall–Kier alpha value is 1.95. The summed E-state index contributed by atoms with van der Waals surface area (Å²) in [7, 11) is 8.10. The van der Waals surface area contributed by atoms with Crippen molar-refractivity contribution in [2.45, 2.75) is 0 Å². The third-order valence-electron chi connectivity index (χ3n) is 0. The second-order valence-electron chi connectivity index (χ2n) is 0.316. The molecule has 0 radical (unpaired) electrons. The third-order valence-corrected chi connectivity index (χ3v) is 0. The maximum atomic E-state index is 2.70. The average Bonchev–Trinajstić information content (AvgIpc) is 0.811. The molecule has 0 bridgehead atoms. The SMILES string of the molecule is [PH2][Pd]([PH2])[PH2]. The molecule has 0 amide bonds. The Morgan fingerprint density at radius 1 is 1.00 bits per heavy atom. The zero-order chi connectivity index (χ0) is 3.58. The molecule has 0 spiro atoms. The molecule has 0 saturated carbocycles. The monoisotopic (exact) mass is 205 g/mol. The molecule has 0 saturated heterocycles. The molecule has 0 aromatic carbocycles. The fourth-order valence-corrected chi connectivity index (χ4v) is 0. The number of hydrogen-bond acceptors (Lipinski definition) is 0. The molecular weight excluding hydrogens is 199 g/mol. The molecule has 0 heterocycles. The summed E-state index contributed by atoms with van der Waals surface area (Å²) in [5, 5.41) is 0. The van der Waals surface area contributed by atoms with Gasteiger partial charge in [0.15, 0.2) is 0 Å². The van der Waals surface area contributed by atoms with E-state index in [0.29, 0.717) is 0 Å². The number of hydrogen-bond donors (Lipinski definition) is 0. The van der Waals surface area contributed by atoms with Gasteiger partial charge in [-0.25, -0.2) is 0 Å². The molecule has 4 heteroatoms. The summed E-state index contributed by atoms with van der Waals surface area (Å²) in [5.41, 5.74) is 0. The fourth-order valence-electron chi connectivity index (χ4n) is 0. The van der Waals surface area contributed by atoms with Crippen molar-refractivity contribution in [3.63, 3.8) is 0 Å². The fraction of sp³-hybridized carbons (Fsp3) is 0. The minimum atomic E-state index is -0.233. The Labute approximate surface area is 37.8 Å². The molecule has 0 nitrogen and oxygen atoms in total. The molecular formula is H6P3Pd. The molecule has 3 unspecified atom stereocenters. The van der Waals surface area contributed by atoms with Crippen molar-refractivity contribution in [3.8, 4) is 0 Å². The van der Waals surface area contributed by atoms with Gasteiger partial charge in [0.05, 0.1) is 0 Å². The summed E-state index contributed by atoms with van der Waals surface area (Å²) >= 11 is -0.233.